The number of fused-ring (bicyclic) bond motifs is 3. The van der Waals surface area contributed by atoms with Crippen LogP contribution in [0.1, 0.15) is 52.8 Å². The Morgan fingerprint density at radius 3 is 2.61 bits per heavy atom. The first-order valence-corrected chi connectivity index (χ1v) is 10.1. The third-order valence-electron chi connectivity index (χ3n) is 5.12. The average molecular weight is 383 g/mol. The molecule has 6 nitrogen and oxygen atoms in total. The molecule has 0 bridgehead atoms. The lowest BCUT2D eigenvalue weighted by atomic mass is 10.1. The van der Waals surface area contributed by atoms with Gasteiger partial charge in [0.1, 0.15) is 11.3 Å². The molecule has 1 N–H and O–H groups in total. The number of carbonyl (C=O) groups is 1. The highest BCUT2D eigenvalue weighted by atomic mass is 16.4. The number of unbranched alkanes of at least 4 members (excludes halogenated alkanes) is 1. The number of aromatic nitrogens is 3. The zero-order chi connectivity index (χ0) is 20.3. The summed E-state index contributed by atoms with van der Waals surface area (Å²) >= 11 is 0. The molecule has 0 radical (unpaired) electrons. The second kappa shape index (κ2) is 8.17. The van der Waals surface area contributed by atoms with Crippen LogP contribution in [-0.2, 0) is 13.0 Å². The van der Waals surface area contributed by atoms with Crippen LogP contribution in [0.25, 0.3) is 21.9 Å². The molecule has 2 aromatic heterocycles. The van der Waals surface area contributed by atoms with Crippen LogP contribution in [0.2, 0.25) is 0 Å². The fourth-order valence-electron chi connectivity index (χ4n) is 3.68. The largest absolute Gasteiger partial charge is 0.465 e. The van der Waals surface area contributed by atoms with Gasteiger partial charge in [-0.1, -0.05) is 31.5 Å². The zero-order valence-electron chi connectivity index (χ0n) is 17.3. The van der Waals surface area contributed by atoms with Crippen molar-refractivity contribution in [1.82, 2.24) is 19.4 Å². The lowest BCUT2D eigenvalue weighted by Gasteiger charge is -2.33. The second-order valence-electron chi connectivity index (χ2n) is 8.25. The quantitative estimate of drug-likeness (QED) is 0.617. The molecule has 0 saturated heterocycles. The van der Waals surface area contributed by atoms with E-state index in [0.29, 0.717) is 6.54 Å². The van der Waals surface area contributed by atoms with E-state index in [-0.39, 0.29) is 0 Å². The van der Waals surface area contributed by atoms with Crippen molar-refractivity contribution in [3.63, 3.8) is 0 Å². The molecule has 0 saturated carbocycles. The lowest BCUT2D eigenvalue weighted by molar-refractivity contribution is 0.0987. The van der Waals surface area contributed by atoms with Gasteiger partial charge in [0.25, 0.3) is 0 Å². The van der Waals surface area contributed by atoms with Crippen molar-refractivity contribution in [3.05, 3.63) is 36.3 Å². The van der Waals surface area contributed by atoms with Gasteiger partial charge < -0.3 is 14.6 Å². The van der Waals surface area contributed by atoms with Gasteiger partial charge in [0, 0.05) is 30.4 Å². The van der Waals surface area contributed by atoms with Crippen LogP contribution >= 0.6 is 0 Å². The van der Waals surface area contributed by atoms with Crippen molar-refractivity contribution in [1.29, 1.82) is 0 Å². The Hall–Kier alpha value is -2.63. The molecule has 1 aromatic carbocycles. The molecular formula is C22H30N4O2. The summed E-state index contributed by atoms with van der Waals surface area (Å²) in [6, 6.07) is 8.13. The minimum Gasteiger partial charge on any atom is -0.465 e. The minimum atomic E-state index is -0.871. The second-order valence-corrected chi connectivity index (χ2v) is 8.25. The van der Waals surface area contributed by atoms with Gasteiger partial charge in [-0.2, -0.15) is 0 Å². The van der Waals surface area contributed by atoms with Gasteiger partial charge >= 0.3 is 6.09 Å². The molecular weight excluding hydrogens is 352 g/mol. The topological polar surface area (TPSA) is 71.2 Å². The van der Waals surface area contributed by atoms with E-state index in [1.807, 2.05) is 45.2 Å². The van der Waals surface area contributed by atoms with Crippen molar-refractivity contribution in [3.8, 4) is 0 Å². The van der Waals surface area contributed by atoms with Crippen LogP contribution in [0.4, 0.5) is 4.79 Å². The highest BCUT2D eigenvalue weighted by Crippen LogP contribution is 2.26. The molecule has 0 aliphatic heterocycles. The summed E-state index contributed by atoms with van der Waals surface area (Å²) in [7, 11) is 0. The Labute approximate surface area is 166 Å². The molecule has 0 aliphatic carbocycles. The number of pyridine rings is 1. The number of benzene rings is 1. The summed E-state index contributed by atoms with van der Waals surface area (Å²) in [4.78, 5) is 22.5. The molecule has 2 heterocycles. The Balaban J connectivity index is 1.95. The molecule has 6 heteroatoms. The predicted molar refractivity (Wildman–Crippen MR) is 113 cm³/mol. The van der Waals surface area contributed by atoms with E-state index >= 15 is 0 Å². The van der Waals surface area contributed by atoms with Gasteiger partial charge in [-0.05, 0) is 39.7 Å². The van der Waals surface area contributed by atoms with Crippen molar-refractivity contribution < 1.29 is 9.90 Å². The fourth-order valence-corrected chi connectivity index (χ4v) is 3.68. The molecule has 3 rings (SSSR count). The first-order chi connectivity index (χ1) is 13.3. The third kappa shape index (κ3) is 4.11. The van der Waals surface area contributed by atoms with Gasteiger partial charge in [0.05, 0.1) is 17.2 Å². The standard InChI is InChI=1S/C22H30N4O2/c1-5-6-12-19-24-18-15-23-17-11-8-7-10-16(17)20(18)25(19)13-9-14-26(21(27)28)22(2,3)4/h7-8,10-11,15H,5-6,9,12-14H2,1-4H3,(H,27,28). The number of aryl methyl sites for hydroxylation is 2. The first kappa shape index (κ1) is 20.1. The van der Waals surface area contributed by atoms with Gasteiger partial charge in [-0.15, -0.1) is 0 Å². The summed E-state index contributed by atoms with van der Waals surface area (Å²) < 4.78 is 2.28. The predicted octanol–water partition coefficient (Wildman–Crippen LogP) is 5.10. The maximum absolute atomic E-state index is 11.6. The number of nitrogens with zero attached hydrogens (tertiary/aromatic N) is 4. The summed E-state index contributed by atoms with van der Waals surface area (Å²) in [5.41, 5.74) is 2.56. The summed E-state index contributed by atoms with van der Waals surface area (Å²) in [6.07, 6.45) is 4.83. The normalized spacial score (nSPS) is 12.0. The van der Waals surface area contributed by atoms with Crippen LogP contribution in [0.5, 0.6) is 0 Å². The van der Waals surface area contributed by atoms with Crippen LogP contribution in [0.3, 0.4) is 0 Å². The van der Waals surface area contributed by atoms with Crippen LogP contribution in [0.15, 0.2) is 30.5 Å². The van der Waals surface area contributed by atoms with Crippen LogP contribution in [-0.4, -0.2) is 42.7 Å². The molecule has 3 aromatic rings. The van der Waals surface area contributed by atoms with Crippen molar-refractivity contribution in [2.24, 2.45) is 0 Å². The van der Waals surface area contributed by atoms with Crippen molar-refractivity contribution in [2.75, 3.05) is 6.54 Å². The van der Waals surface area contributed by atoms with E-state index in [1.54, 1.807) is 0 Å². The summed E-state index contributed by atoms with van der Waals surface area (Å²) in [6.45, 7) is 9.20. The smallest absolute Gasteiger partial charge is 0.407 e. The highest BCUT2D eigenvalue weighted by Gasteiger charge is 2.25. The summed E-state index contributed by atoms with van der Waals surface area (Å²) in [5, 5.41) is 10.6. The molecule has 0 spiro atoms. The number of carboxylic acid groups (broad SMARTS) is 1. The third-order valence-corrected chi connectivity index (χ3v) is 5.12. The Bertz CT molecular complexity index is 972. The number of para-hydroxylation sites is 1. The van der Waals surface area contributed by atoms with E-state index in [0.717, 1.165) is 60.0 Å². The molecule has 0 aliphatic rings. The molecule has 1 amide bonds. The van der Waals surface area contributed by atoms with Crippen LogP contribution in [0, 0.1) is 0 Å². The minimum absolute atomic E-state index is 0.412. The van der Waals surface area contributed by atoms with E-state index in [9.17, 15) is 9.90 Å². The maximum atomic E-state index is 11.6. The van der Waals surface area contributed by atoms with Crippen molar-refractivity contribution >= 4 is 28.0 Å². The SMILES string of the molecule is CCCCc1nc2cnc3ccccc3c2n1CCCN(C(=O)O)C(C)(C)C. The maximum Gasteiger partial charge on any atom is 0.407 e. The fraction of sp³-hybridized carbons (Fsp3) is 0.500. The Morgan fingerprint density at radius 1 is 1.18 bits per heavy atom. The lowest BCUT2D eigenvalue weighted by Crippen LogP contribution is -2.45. The molecule has 28 heavy (non-hydrogen) atoms. The van der Waals surface area contributed by atoms with Gasteiger partial charge in [-0.3, -0.25) is 4.98 Å². The first-order valence-electron chi connectivity index (χ1n) is 10.1. The van der Waals surface area contributed by atoms with E-state index in [2.05, 4.69) is 22.5 Å². The molecule has 0 unspecified atom stereocenters. The monoisotopic (exact) mass is 382 g/mol. The van der Waals surface area contributed by atoms with E-state index in [4.69, 9.17) is 4.98 Å². The van der Waals surface area contributed by atoms with Gasteiger partial charge in [-0.25, -0.2) is 9.78 Å². The number of rotatable bonds is 7. The Morgan fingerprint density at radius 2 is 1.93 bits per heavy atom. The Kier molecular flexibility index (Phi) is 5.87. The van der Waals surface area contributed by atoms with Crippen LogP contribution < -0.4 is 0 Å². The number of hydrogen-bond acceptors (Lipinski definition) is 3. The molecule has 150 valence electrons. The van der Waals surface area contributed by atoms with Gasteiger partial charge in [0.2, 0.25) is 0 Å². The van der Waals surface area contributed by atoms with Crippen molar-refractivity contribution in [2.45, 2.75) is 65.5 Å². The number of amides is 1. The zero-order valence-corrected chi connectivity index (χ0v) is 17.3. The molecule has 0 atom stereocenters. The number of imidazole rings is 1. The van der Waals surface area contributed by atoms with E-state index in [1.165, 1.54) is 4.90 Å². The molecule has 0 fully saturated rings. The van der Waals surface area contributed by atoms with E-state index < -0.39 is 11.6 Å². The number of hydrogen-bond donors (Lipinski definition) is 1. The summed E-state index contributed by atoms with van der Waals surface area (Å²) in [5.74, 6) is 1.06. The van der Waals surface area contributed by atoms with Gasteiger partial charge in [0.15, 0.2) is 0 Å². The highest BCUT2D eigenvalue weighted by molar-refractivity contribution is 6.02. The average Bonchev–Trinajstić information content (AvgIpc) is 3.00.